The molecule has 0 fully saturated rings. The highest BCUT2D eigenvalue weighted by atomic mass is 28.3. The van der Waals surface area contributed by atoms with Crippen LogP contribution in [0.25, 0.3) is 0 Å². The van der Waals surface area contributed by atoms with Gasteiger partial charge in [0.15, 0.2) is 0 Å². The van der Waals surface area contributed by atoms with Crippen molar-refractivity contribution >= 4 is 17.6 Å². The van der Waals surface area contributed by atoms with Crippen molar-refractivity contribution in [2.45, 2.75) is 39.5 Å². The average molecular weight is 215 g/mol. The molecular formula is C10H25NSi2. The first-order valence-electron chi connectivity index (χ1n) is 5.26. The minimum atomic E-state index is -0.850. The van der Waals surface area contributed by atoms with Crippen molar-refractivity contribution in [1.29, 1.82) is 0 Å². The Morgan fingerprint density at radius 1 is 1.31 bits per heavy atom. The van der Waals surface area contributed by atoms with Crippen LogP contribution in [0.4, 0.5) is 0 Å². The number of nitrogens with one attached hydrogen (secondary N) is 1. The molecule has 0 unspecified atom stereocenters. The second kappa shape index (κ2) is 6.57. The van der Waals surface area contributed by atoms with E-state index < -0.39 is 8.07 Å². The fourth-order valence-electron chi connectivity index (χ4n) is 1.08. The molecule has 0 heterocycles. The fraction of sp³-hybridized carbons (Fsp3) is 0.800. The van der Waals surface area contributed by atoms with Crippen LogP contribution >= 0.6 is 0 Å². The van der Waals surface area contributed by atoms with Crippen molar-refractivity contribution in [2.75, 3.05) is 12.7 Å². The number of allylic oxidation sites excluding steroid dienone is 1. The standard InChI is InChI=1S/C10H25NSi2/c1-10(2)8-12-7-6-11-9-13(3,4)5/h8,11H,6-7,9,12H2,1-5H3. The Labute approximate surface area is 86.8 Å². The molecule has 78 valence electrons. The third-order valence-corrected chi connectivity index (χ3v) is 4.94. The highest BCUT2D eigenvalue weighted by Crippen LogP contribution is 1.96. The molecular weight excluding hydrogens is 190 g/mol. The number of hydrogen-bond acceptors (Lipinski definition) is 1. The van der Waals surface area contributed by atoms with Crippen LogP contribution < -0.4 is 5.32 Å². The molecule has 0 atom stereocenters. The minimum absolute atomic E-state index is 0.0906. The molecule has 0 saturated heterocycles. The molecule has 1 N–H and O–H groups in total. The van der Waals surface area contributed by atoms with E-state index in [1.54, 1.807) is 0 Å². The van der Waals surface area contributed by atoms with Gasteiger partial charge in [-0.2, -0.15) is 0 Å². The smallest absolute Gasteiger partial charge is 0.0595 e. The van der Waals surface area contributed by atoms with Gasteiger partial charge in [0.1, 0.15) is 0 Å². The Hall–Kier alpha value is 0.134. The van der Waals surface area contributed by atoms with E-state index >= 15 is 0 Å². The van der Waals surface area contributed by atoms with Gasteiger partial charge in [-0.3, -0.25) is 0 Å². The van der Waals surface area contributed by atoms with Crippen LogP contribution in [0.3, 0.4) is 0 Å². The summed E-state index contributed by atoms with van der Waals surface area (Å²) in [7, 11) is -0.760. The molecule has 0 aromatic rings. The first-order valence-corrected chi connectivity index (χ1v) is 10.8. The van der Waals surface area contributed by atoms with E-state index in [2.05, 4.69) is 44.5 Å². The molecule has 0 saturated carbocycles. The van der Waals surface area contributed by atoms with Gasteiger partial charge in [-0.05, 0) is 32.6 Å². The second-order valence-corrected chi connectivity index (χ2v) is 12.3. The molecule has 13 heavy (non-hydrogen) atoms. The molecule has 0 rings (SSSR count). The second-order valence-electron chi connectivity index (χ2n) is 5.16. The lowest BCUT2D eigenvalue weighted by Crippen LogP contribution is -2.37. The van der Waals surface area contributed by atoms with Crippen LogP contribution in [0.5, 0.6) is 0 Å². The van der Waals surface area contributed by atoms with Gasteiger partial charge in [-0.15, -0.1) is 5.70 Å². The topological polar surface area (TPSA) is 12.0 Å². The highest BCUT2D eigenvalue weighted by molar-refractivity contribution is 6.76. The normalized spacial score (nSPS) is 12.4. The van der Waals surface area contributed by atoms with Gasteiger partial charge in [-0.1, -0.05) is 25.2 Å². The quantitative estimate of drug-likeness (QED) is 0.528. The first-order chi connectivity index (χ1) is 5.92. The summed E-state index contributed by atoms with van der Waals surface area (Å²) < 4.78 is 0. The monoisotopic (exact) mass is 215 g/mol. The largest absolute Gasteiger partial charge is 0.320 e. The van der Waals surface area contributed by atoms with Gasteiger partial charge in [0.2, 0.25) is 0 Å². The van der Waals surface area contributed by atoms with Crippen LogP contribution in [0, 0.1) is 0 Å². The molecule has 3 heteroatoms. The molecule has 0 aliphatic heterocycles. The summed E-state index contributed by atoms with van der Waals surface area (Å²) in [6.07, 6.45) is 1.27. The van der Waals surface area contributed by atoms with Gasteiger partial charge >= 0.3 is 0 Å². The molecule has 0 amide bonds. The Kier molecular flexibility index (Phi) is 6.63. The van der Waals surface area contributed by atoms with Crippen molar-refractivity contribution in [2.24, 2.45) is 0 Å². The van der Waals surface area contributed by atoms with E-state index in [1.807, 2.05) is 0 Å². The van der Waals surface area contributed by atoms with Crippen molar-refractivity contribution in [3.8, 4) is 0 Å². The fourth-order valence-corrected chi connectivity index (χ4v) is 3.24. The van der Waals surface area contributed by atoms with Crippen molar-refractivity contribution in [3.63, 3.8) is 0 Å². The maximum atomic E-state index is 3.57. The van der Waals surface area contributed by atoms with E-state index in [9.17, 15) is 0 Å². The Morgan fingerprint density at radius 3 is 2.38 bits per heavy atom. The van der Waals surface area contributed by atoms with Gasteiger partial charge in [0, 0.05) is 9.52 Å². The van der Waals surface area contributed by atoms with Gasteiger partial charge < -0.3 is 5.32 Å². The minimum Gasteiger partial charge on any atom is -0.320 e. The zero-order chi connectivity index (χ0) is 10.3. The third-order valence-electron chi connectivity index (χ3n) is 1.77. The van der Waals surface area contributed by atoms with E-state index in [-0.39, 0.29) is 9.52 Å². The van der Waals surface area contributed by atoms with Gasteiger partial charge in [0.05, 0.1) is 8.07 Å². The predicted octanol–water partition coefficient (Wildman–Crippen LogP) is 1.96. The average Bonchev–Trinajstić information content (AvgIpc) is 1.93. The third kappa shape index (κ3) is 12.1. The molecule has 0 aliphatic rings. The zero-order valence-electron chi connectivity index (χ0n) is 9.91. The number of rotatable bonds is 6. The van der Waals surface area contributed by atoms with Crippen LogP contribution in [0.1, 0.15) is 13.8 Å². The Balaban J connectivity index is 3.23. The van der Waals surface area contributed by atoms with Gasteiger partial charge in [-0.25, -0.2) is 0 Å². The maximum absolute atomic E-state index is 3.57. The van der Waals surface area contributed by atoms with E-state index in [4.69, 9.17) is 0 Å². The summed E-state index contributed by atoms with van der Waals surface area (Å²) in [5.74, 6) is 0. The van der Waals surface area contributed by atoms with Crippen LogP contribution in [-0.4, -0.2) is 30.3 Å². The van der Waals surface area contributed by atoms with Crippen molar-refractivity contribution in [3.05, 3.63) is 11.3 Å². The van der Waals surface area contributed by atoms with E-state index in [0.717, 1.165) is 0 Å². The van der Waals surface area contributed by atoms with E-state index in [1.165, 1.54) is 24.3 Å². The van der Waals surface area contributed by atoms with Gasteiger partial charge in [0.25, 0.3) is 0 Å². The predicted molar refractivity (Wildman–Crippen MR) is 69.0 cm³/mol. The first kappa shape index (κ1) is 13.1. The van der Waals surface area contributed by atoms with Crippen LogP contribution in [0.15, 0.2) is 11.3 Å². The lowest BCUT2D eigenvalue weighted by Gasteiger charge is -2.16. The SMILES string of the molecule is CC(C)=C[SiH2]CCNC[Si](C)(C)C. The van der Waals surface area contributed by atoms with E-state index in [0.29, 0.717) is 0 Å². The summed E-state index contributed by atoms with van der Waals surface area (Å²) in [6, 6.07) is 1.41. The summed E-state index contributed by atoms with van der Waals surface area (Å²) in [5.41, 5.74) is 3.95. The molecule has 0 aromatic heterocycles. The molecule has 1 nitrogen and oxygen atoms in total. The zero-order valence-corrected chi connectivity index (χ0v) is 12.3. The van der Waals surface area contributed by atoms with Crippen LogP contribution in [0.2, 0.25) is 25.7 Å². The Bertz CT molecular complexity index is 155. The number of hydrogen-bond donors (Lipinski definition) is 1. The Morgan fingerprint density at radius 2 is 1.92 bits per heavy atom. The molecule has 0 spiro atoms. The van der Waals surface area contributed by atoms with Crippen LogP contribution in [-0.2, 0) is 0 Å². The van der Waals surface area contributed by atoms with Crippen molar-refractivity contribution < 1.29 is 0 Å². The highest BCUT2D eigenvalue weighted by Gasteiger charge is 2.10. The molecule has 0 aromatic carbocycles. The molecule has 0 bridgehead atoms. The molecule has 0 aliphatic carbocycles. The molecule has 0 radical (unpaired) electrons. The lowest BCUT2D eigenvalue weighted by molar-refractivity contribution is 0.815. The maximum Gasteiger partial charge on any atom is 0.0595 e. The van der Waals surface area contributed by atoms with Crippen molar-refractivity contribution in [1.82, 2.24) is 5.32 Å². The summed E-state index contributed by atoms with van der Waals surface area (Å²) in [6.45, 7) is 12.9. The lowest BCUT2D eigenvalue weighted by atomic mass is 10.4. The summed E-state index contributed by atoms with van der Waals surface area (Å²) in [5, 5.41) is 3.57. The summed E-state index contributed by atoms with van der Waals surface area (Å²) >= 11 is 0. The summed E-state index contributed by atoms with van der Waals surface area (Å²) in [4.78, 5) is 0.